The second kappa shape index (κ2) is 9.56. The number of piperazine rings is 1. The fourth-order valence-electron chi connectivity index (χ4n) is 3.97. The molecule has 3 aromatic heterocycles. The van der Waals surface area contributed by atoms with E-state index in [0.29, 0.717) is 11.6 Å². The normalized spacial score (nSPS) is 14.8. The van der Waals surface area contributed by atoms with Gasteiger partial charge in [0.1, 0.15) is 39.2 Å². The summed E-state index contributed by atoms with van der Waals surface area (Å²) in [5.74, 6) is -1.23. The third-order valence-electron chi connectivity index (χ3n) is 5.87. The molecule has 0 spiro atoms. The van der Waals surface area contributed by atoms with Gasteiger partial charge >= 0.3 is 0 Å². The Hall–Kier alpha value is -3.42. The first kappa shape index (κ1) is 24.3. The van der Waals surface area contributed by atoms with Crippen molar-refractivity contribution in [3.8, 4) is 16.3 Å². The van der Waals surface area contributed by atoms with E-state index in [1.165, 1.54) is 18.4 Å². The van der Waals surface area contributed by atoms with Crippen molar-refractivity contribution in [2.75, 3.05) is 50.0 Å². The molecular formula is C23H22F2N6O3S2. The molecule has 0 unspecified atom stereocenters. The zero-order valence-corrected chi connectivity index (χ0v) is 21.0. The molecule has 0 amide bonds. The van der Waals surface area contributed by atoms with Gasteiger partial charge in [0.25, 0.3) is 10.0 Å². The SMILES string of the molecule is COc1ncc(-c2cc3c(N4CCN(C)CC4)ncnc3s2)cc1NS(=O)(=O)c1ccc(F)cc1F. The van der Waals surface area contributed by atoms with Crippen molar-refractivity contribution in [3.05, 3.63) is 54.5 Å². The van der Waals surface area contributed by atoms with Gasteiger partial charge in [0.05, 0.1) is 12.5 Å². The second-order valence-corrected chi connectivity index (χ2v) is 11.0. The van der Waals surface area contributed by atoms with Gasteiger partial charge in [-0.15, -0.1) is 11.3 Å². The van der Waals surface area contributed by atoms with Gasteiger partial charge in [-0.3, -0.25) is 4.72 Å². The van der Waals surface area contributed by atoms with E-state index in [1.54, 1.807) is 18.6 Å². The predicted octanol–water partition coefficient (Wildman–Crippen LogP) is 3.59. The zero-order chi connectivity index (χ0) is 25.4. The van der Waals surface area contributed by atoms with Crippen LogP contribution in [-0.4, -0.2) is 68.6 Å². The summed E-state index contributed by atoms with van der Waals surface area (Å²) in [4.78, 5) is 18.5. The smallest absolute Gasteiger partial charge is 0.264 e. The van der Waals surface area contributed by atoms with E-state index in [9.17, 15) is 17.2 Å². The number of hydrogen-bond donors (Lipinski definition) is 1. The Bertz CT molecular complexity index is 1540. The number of nitrogens with zero attached hydrogens (tertiary/aromatic N) is 5. The summed E-state index contributed by atoms with van der Waals surface area (Å²) in [6.45, 7) is 3.57. The molecule has 1 aliphatic rings. The highest BCUT2D eigenvalue weighted by Crippen LogP contribution is 2.38. The molecule has 1 saturated heterocycles. The first-order chi connectivity index (χ1) is 17.2. The van der Waals surface area contributed by atoms with Crippen LogP contribution in [0.3, 0.4) is 0 Å². The molecule has 13 heteroatoms. The van der Waals surface area contributed by atoms with Gasteiger partial charge in [0.15, 0.2) is 0 Å². The molecule has 1 fully saturated rings. The van der Waals surface area contributed by atoms with Crippen LogP contribution >= 0.6 is 11.3 Å². The van der Waals surface area contributed by atoms with Gasteiger partial charge < -0.3 is 14.5 Å². The van der Waals surface area contributed by atoms with Crippen LogP contribution in [-0.2, 0) is 10.0 Å². The predicted molar refractivity (Wildman–Crippen MR) is 134 cm³/mol. The molecule has 9 nitrogen and oxygen atoms in total. The van der Waals surface area contributed by atoms with Crippen molar-refractivity contribution in [1.82, 2.24) is 19.9 Å². The lowest BCUT2D eigenvalue weighted by atomic mass is 10.2. The molecule has 0 aliphatic carbocycles. The lowest BCUT2D eigenvalue weighted by Gasteiger charge is -2.33. The Kier molecular flexibility index (Phi) is 6.45. The topological polar surface area (TPSA) is 101 Å². The molecule has 1 N–H and O–H groups in total. The Morgan fingerprint density at radius 1 is 1.06 bits per heavy atom. The van der Waals surface area contributed by atoms with Crippen molar-refractivity contribution >= 4 is 43.1 Å². The minimum Gasteiger partial charge on any atom is -0.480 e. The van der Waals surface area contributed by atoms with Gasteiger partial charge in [-0.25, -0.2) is 32.2 Å². The highest BCUT2D eigenvalue weighted by Gasteiger charge is 2.23. The van der Waals surface area contributed by atoms with E-state index in [4.69, 9.17) is 4.74 Å². The third kappa shape index (κ3) is 4.68. The molecule has 36 heavy (non-hydrogen) atoms. The lowest BCUT2D eigenvalue weighted by molar-refractivity contribution is 0.312. The van der Waals surface area contributed by atoms with Crippen LogP contribution in [0.5, 0.6) is 5.88 Å². The van der Waals surface area contributed by atoms with Crippen molar-refractivity contribution in [3.63, 3.8) is 0 Å². The average molecular weight is 533 g/mol. The number of sulfonamides is 1. The number of fused-ring (bicyclic) bond motifs is 1. The van der Waals surface area contributed by atoms with E-state index in [-0.39, 0.29) is 11.6 Å². The molecular weight excluding hydrogens is 510 g/mol. The number of aromatic nitrogens is 3. The van der Waals surface area contributed by atoms with Crippen molar-refractivity contribution in [1.29, 1.82) is 0 Å². The number of pyridine rings is 1. The van der Waals surface area contributed by atoms with E-state index in [2.05, 4.69) is 36.5 Å². The molecule has 1 aromatic carbocycles. The number of ether oxygens (including phenoxy) is 1. The molecule has 0 atom stereocenters. The van der Waals surface area contributed by atoms with Crippen molar-refractivity contribution in [2.45, 2.75) is 4.90 Å². The fraction of sp³-hybridized carbons (Fsp3) is 0.261. The maximum absolute atomic E-state index is 14.2. The maximum Gasteiger partial charge on any atom is 0.264 e. The van der Waals surface area contributed by atoms with Crippen molar-refractivity contribution < 1.29 is 21.9 Å². The molecule has 188 valence electrons. The number of likely N-dealkylation sites (N-methyl/N-ethyl adjacent to an activating group) is 1. The van der Waals surface area contributed by atoms with Gasteiger partial charge in [-0.2, -0.15) is 0 Å². The third-order valence-corrected chi connectivity index (χ3v) is 8.36. The molecule has 0 radical (unpaired) electrons. The highest BCUT2D eigenvalue weighted by molar-refractivity contribution is 7.92. The van der Waals surface area contributed by atoms with Crippen LogP contribution in [0, 0.1) is 11.6 Å². The summed E-state index contributed by atoms with van der Waals surface area (Å²) in [5.41, 5.74) is 0.627. The Labute approximate surface area is 210 Å². The van der Waals surface area contributed by atoms with Gasteiger partial charge in [-0.05, 0) is 31.3 Å². The first-order valence-corrected chi connectivity index (χ1v) is 13.3. The average Bonchev–Trinajstić information content (AvgIpc) is 3.29. The fourth-order valence-corrected chi connectivity index (χ4v) is 6.05. The van der Waals surface area contributed by atoms with Crippen LogP contribution in [0.4, 0.5) is 20.3 Å². The standard InChI is InChI=1S/C23H22F2N6O3S2/c1-30-5-7-31(8-6-30)21-16-11-19(35-23(16)28-13-27-21)14-9-18(22(34-2)26-12-14)29-36(32,33)20-4-3-15(24)10-17(20)25/h3-4,9-13,29H,5-8H2,1-2H3. The second-order valence-electron chi connectivity index (χ2n) is 8.28. The first-order valence-electron chi connectivity index (χ1n) is 11.0. The summed E-state index contributed by atoms with van der Waals surface area (Å²) in [6, 6.07) is 5.76. The number of benzene rings is 1. The number of hydrogen-bond acceptors (Lipinski definition) is 9. The number of halogens is 2. The summed E-state index contributed by atoms with van der Waals surface area (Å²) in [7, 11) is -0.955. The minimum atomic E-state index is -4.38. The number of methoxy groups -OCH3 is 1. The van der Waals surface area contributed by atoms with E-state index in [0.717, 1.165) is 59.2 Å². The van der Waals surface area contributed by atoms with E-state index >= 15 is 0 Å². The van der Waals surface area contributed by atoms with Crippen LogP contribution in [0.15, 0.2) is 47.8 Å². The molecule has 1 aliphatic heterocycles. The molecule has 0 saturated carbocycles. The number of anilines is 2. The molecule has 5 rings (SSSR count). The van der Waals surface area contributed by atoms with E-state index in [1.807, 2.05) is 6.07 Å². The van der Waals surface area contributed by atoms with Gasteiger partial charge in [0.2, 0.25) is 5.88 Å². The van der Waals surface area contributed by atoms with E-state index < -0.39 is 26.6 Å². The lowest BCUT2D eigenvalue weighted by Crippen LogP contribution is -2.44. The number of thiophene rings is 1. The largest absolute Gasteiger partial charge is 0.480 e. The highest BCUT2D eigenvalue weighted by atomic mass is 32.2. The quantitative estimate of drug-likeness (QED) is 0.402. The van der Waals surface area contributed by atoms with Crippen LogP contribution in [0.1, 0.15) is 0 Å². The zero-order valence-electron chi connectivity index (χ0n) is 19.4. The van der Waals surface area contributed by atoms with Gasteiger partial charge in [-0.1, -0.05) is 0 Å². The molecule has 4 aromatic rings. The number of nitrogens with one attached hydrogen (secondary N) is 1. The number of rotatable bonds is 6. The summed E-state index contributed by atoms with van der Waals surface area (Å²) in [6.07, 6.45) is 3.10. The molecule has 4 heterocycles. The Balaban J connectivity index is 1.51. The minimum absolute atomic E-state index is 0.00359. The van der Waals surface area contributed by atoms with Crippen LogP contribution < -0.4 is 14.4 Å². The van der Waals surface area contributed by atoms with Crippen LogP contribution in [0.25, 0.3) is 20.7 Å². The monoisotopic (exact) mass is 532 g/mol. The summed E-state index contributed by atoms with van der Waals surface area (Å²) in [5, 5.41) is 0.897. The molecule has 0 bridgehead atoms. The Morgan fingerprint density at radius 2 is 1.83 bits per heavy atom. The summed E-state index contributed by atoms with van der Waals surface area (Å²) < 4.78 is 60.7. The Morgan fingerprint density at radius 3 is 2.56 bits per heavy atom. The maximum atomic E-state index is 14.2. The van der Waals surface area contributed by atoms with Gasteiger partial charge in [0, 0.05) is 48.9 Å². The van der Waals surface area contributed by atoms with Crippen molar-refractivity contribution in [2.24, 2.45) is 0 Å². The summed E-state index contributed by atoms with van der Waals surface area (Å²) >= 11 is 1.42. The van der Waals surface area contributed by atoms with Crippen LogP contribution in [0.2, 0.25) is 0 Å².